The van der Waals surface area contributed by atoms with Crippen molar-refractivity contribution in [1.82, 2.24) is 0 Å². The molecule has 0 radical (unpaired) electrons. The summed E-state index contributed by atoms with van der Waals surface area (Å²) in [4.78, 5) is 0. The minimum Gasteiger partial charge on any atom is -0.0614 e. The van der Waals surface area contributed by atoms with Gasteiger partial charge in [-0.2, -0.15) is 0 Å². The van der Waals surface area contributed by atoms with Gasteiger partial charge in [-0.15, -0.1) is 0 Å². The van der Waals surface area contributed by atoms with E-state index in [1.54, 1.807) is 0 Å². The molecule has 58 valence electrons. The summed E-state index contributed by atoms with van der Waals surface area (Å²) in [5, 5.41) is 2.29. The van der Waals surface area contributed by atoms with Gasteiger partial charge < -0.3 is 0 Å². The van der Waals surface area contributed by atoms with Crippen molar-refractivity contribution in [2.24, 2.45) is 0 Å². The van der Waals surface area contributed by atoms with Gasteiger partial charge in [0, 0.05) is 2.74 Å². The quantitative estimate of drug-likeness (QED) is 0.550. The van der Waals surface area contributed by atoms with Crippen LogP contribution in [-0.4, -0.2) is 0 Å². The molecule has 2 unspecified atom stereocenters. The standard InChI is InChI=1S/C12H10/c1-3-9-4-2-6-11-8-7-10(5-1)12(9)11/h1-6H,7-8H2/i7D,8D. The number of benzene rings is 2. The average Bonchev–Trinajstić information content (AvgIpc) is 2.47. The molecule has 12 heavy (non-hydrogen) atoms. The highest BCUT2D eigenvalue weighted by Crippen LogP contribution is 2.29. The van der Waals surface area contributed by atoms with Crippen molar-refractivity contribution in [2.45, 2.75) is 12.8 Å². The van der Waals surface area contributed by atoms with Crippen LogP contribution in [0.1, 0.15) is 13.9 Å². The molecular formula is C12H10. The third kappa shape index (κ3) is 0.672. The first-order chi connectivity index (χ1) is 6.79. The van der Waals surface area contributed by atoms with Crippen molar-refractivity contribution in [1.29, 1.82) is 0 Å². The van der Waals surface area contributed by atoms with Gasteiger partial charge in [0.2, 0.25) is 0 Å². The van der Waals surface area contributed by atoms with Gasteiger partial charge in [-0.05, 0) is 34.7 Å². The third-order valence-corrected chi connectivity index (χ3v) is 2.41. The van der Waals surface area contributed by atoms with Crippen molar-refractivity contribution in [3.63, 3.8) is 0 Å². The molecule has 0 heteroatoms. The maximum absolute atomic E-state index is 7.92. The number of hydrogen-bond donors (Lipinski definition) is 0. The smallest absolute Gasteiger partial charge is 0.0320 e. The SMILES string of the molecule is [2H]C1c2cccc3cccc(c23)C1[2H]. The second-order valence-corrected chi connectivity index (χ2v) is 3.13. The first-order valence-electron chi connectivity index (χ1n) is 5.30. The molecule has 0 nitrogen and oxygen atoms in total. The van der Waals surface area contributed by atoms with Gasteiger partial charge >= 0.3 is 0 Å². The molecule has 0 fully saturated rings. The summed E-state index contributed by atoms with van der Waals surface area (Å²) in [6, 6.07) is 12.0. The Kier molecular flexibility index (Phi) is 0.815. The van der Waals surface area contributed by atoms with Gasteiger partial charge in [-0.1, -0.05) is 36.4 Å². The van der Waals surface area contributed by atoms with Gasteiger partial charge in [-0.25, -0.2) is 0 Å². The largest absolute Gasteiger partial charge is 0.0614 e. The molecule has 2 aromatic carbocycles. The van der Waals surface area contributed by atoms with E-state index in [0.29, 0.717) is 0 Å². The Bertz CT molecular complexity index is 462. The molecule has 0 aromatic heterocycles. The Morgan fingerprint density at radius 3 is 2.08 bits per heavy atom. The first kappa shape index (κ1) is 4.66. The van der Waals surface area contributed by atoms with Crippen molar-refractivity contribution in [2.75, 3.05) is 0 Å². The monoisotopic (exact) mass is 156 g/mol. The molecule has 2 aromatic rings. The van der Waals surface area contributed by atoms with Crippen LogP contribution in [0, 0.1) is 0 Å². The van der Waals surface area contributed by atoms with Gasteiger partial charge in [0.25, 0.3) is 0 Å². The molecule has 0 amide bonds. The lowest BCUT2D eigenvalue weighted by molar-refractivity contribution is 1.02. The maximum Gasteiger partial charge on any atom is 0.0320 e. The van der Waals surface area contributed by atoms with E-state index in [0.717, 1.165) is 21.9 Å². The van der Waals surface area contributed by atoms with Gasteiger partial charge in [0.1, 0.15) is 0 Å². The molecule has 1 aliphatic rings. The van der Waals surface area contributed by atoms with Gasteiger partial charge in [0.05, 0.1) is 0 Å². The summed E-state index contributed by atoms with van der Waals surface area (Å²) in [5.74, 6) is 0. The molecule has 0 heterocycles. The van der Waals surface area contributed by atoms with Crippen molar-refractivity contribution >= 4 is 10.8 Å². The van der Waals surface area contributed by atoms with Crippen LogP contribution >= 0.6 is 0 Å². The van der Waals surface area contributed by atoms with E-state index in [9.17, 15) is 0 Å². The number of rotatable bonds is 0. The summed E-state index contributed by atoms with van der Waals surface area (Å²) in [5.41, 5.74) is 2.02. The second kappa shape index (κ2) is 2.10. The van der Waals surface area contributed by atoms with E-state index < -0.39 is 12.8 Å². The average molecular weight is 156 g/mol. The zero-order valence-electron chi connectivity index (χ0n) is 8.62. The lowest BCUT2D eigenvalue weighted by Crippen LogP contribution is -1.76. The predicted octanol–water partition coefficient (Wildman–Crippen LogP) is 2.94. The molecule has 0 saturated heterocycles. The third-order valence-electron chi connectivity index (χ3n) is 2.41. The van der Waals surface area contributed by atoms with Crippen LogP contribution in [-0.2, 0) is 12.8 Å². The second-order valence-electron chi connectivity index (χ2n) is 3.13. The van der Waals surface area contributed by atoms with Crippen LogP contribution in [0.4, 0.5) is 0 Å². The van der Waals surface area contributed by atoms with Crippen LogP contribution in [0.15, 0.2) is 36.4 Å². The van der Waals surface area contributed by atoms with Crippen LogP contribution in [0.5, 0.6) is 0 Å². The molecule has 1 aliphatic carbocycles. The minimum absolute atomic E-state index is 0.406. The fourth-order valence-corrected chi connectivity index (χ4v) is 1.86. The molecular weight excluding hydrogens is 144 g/mol. The van der Waals surface area contributed by atoms with Crippen molar-refractivity contribution in [3.05, 3.63) is 47.5 Å². The highest BCUT2D eigenvalue weighted by Gasteiger charge is 2.11. The van der Waals surface area contributed by atoms with Gasteiger partial charge in [-0.3, -0.25) is 0 Å². The molecule has 0 bridgehead atoms. The lowest BCUT2D eigenvalue weighted by Gasteiger charge is -1.99. The summed E-state index contributed by atoms with van der Waals surface area (Å²) < 4.78 is 15.8. The highest BCUT2D eigenvalue weighted by atomic mass is 14.2. The van der Waals surface area contributed by atoms with E-state index in [4.69, 9.17) is 2.74 Å². The zero-order valence-corrected chi connectivity index (χ0v) is 6.62. The number of hydrogen-bond acceptors (Lipinski definition) is 0. The zero-order chi connectivity index (χ0) is 9.71. The Balaban J connectivity index is 2.49. The summed E-state index contributed by atoms with van der Waals surface area (Å²) in [6.07, 6.45) is -0.813. The molecule has 0 N–H and O–H groups in total. The Hall–Kier alpha value is -1.30. The fourth-order valence-electron chi connectivity index (χ4n) is 1.86. The first-order valence-corrected chi connectivity index (χ1v) is 4.15. The van der Waals surface area contributed by atoms with E-state index in [-0.39, 0.29) is 0 Å². The Labute approximate surface area is 74.6 Å². The van der Waals surface area contributed by atoms with E-state index in [1.165, 1.54) is 0 Å². The van der Waals surface area contributed by atoms with Crippen molar-refractivity contribution < 1.29 is 2.74 Å². The van der Waals surface area contributed by atoms with Gasteiger partial charge in [0.15, 0.2) is 0 Å². The lowest BCUT2D eigenvalue weighted by atomic mass is 10.1. The van der Waals surface area contributed by atoms with Crippen LogP contribution in [0.25, 0.3) is 10.8 Å². The maximum atomic E-state index is 7.92. The summed E-state index contributed by atoms with van der Waals surface area (Å²) in [7, 11) is 0. The molecule has 2 atom stereocenters. The molecule has 3 rings (SSSR count). The summed E-state index contributed by atoms with van der Waals surface area (Å²) in [6.45, 7) is 0. The highest BCUT2D eigenvalue weighted by molar-refractivity contribution is 5.90. The van der Waals surface area contributed by atoms with Crippen LogP contribution < -0.4 is 0 Å². The fraction of sp³-hybridized carbons (Fsp3) is 0.167. The van der Waals surface area contributed by atoms with E-state index in [2.05, 4.69) is 0 Å². The summed E-state index contributed by atoms with van der Waals surface area (Å²) >= 11 is 0. The molecule has 0 spiro atoms. The van der Waals surface area contributed by atoms with Crippen LogP contribution in [0.3, 0.4) is 0 Å². The Morgan fingerprint density at radius 2 is 1.50 bits per heavy atom. The predicted molar refractivity (Wildman–Crippen MR) is 51.4 cm³/mol. The molecule has 0 saturated carbocycles. The topological polar surface area (TPSA) is 0 Å². The van der Waals surface area contributed by atoms with Crippen molar-refractivity contribution in [3.8, 4) is 0 Å². The Morgan fingerprint density at radius 1 is 0.917 bits per heavy atom. The minimum atomic E-state index is -0.406. The van der Waals surface area contributed by atoms with E-state index >= 15 is 0 Å². The van der Waals surface area contributed by atoms with E-state index in [1.807, 2.05) is 36.4 Å². The normalized spacial score (nSPS) is 28.7. The van der Waals surface area contributed by atoms with Crippen LogP contribution in [0.2, 0.25) is 0 Å². The number of aryl methyl sites for hydroxylation is 2. The molecule has 0 aliphatic heterocycles.